The van der Waals surface area contributed by atoms with Crippen LogP contribution in [0, 0.1) is 6.92 Å². The SMILES string of the molecule is CCCC(C)(C)OC(=O)NC(C)C(=O)n1nc2c3c(cccc31)C(=O)c1c(C)cccc1-2. The van der Waals surface area contributed by atoms with Gasteiger partial charge in [-0.25, -0.2) is 4.79 Å². The summed E-state index contributed by atoms with van der Waals surface area (Å²) in [5, 5.41) is 7.86. The van der Waals surface area contributed by atoms with Crippen LogP contribution in [0.1, 0.15) is 66.8 Å². The molecule has 0 spiro atoms. The second kappa shape index (κ2) is 7.89. The standard InChI is InChI=1S/C25H27N3O4/c1-6-13-25(4,5)32-24(31)26-15(3)23(30)28-18-12-8-11-17-20(18)21(27-28)16-10-7-9-14(2)19(16)22(17)29/h7-12,15H,6,13H2,1-5H3,(H,26,31). The summed E-state index contributed by atoms with van der Waals surface area (Å²) < 4.78 is 6.75. The van der Waals surface area contributed by atoms with Crippen molar-refractivity contribution in [2.75, 3.05) is 0 Å². The fraction of sp³-hybridized carbons (Fsp3) is 0.360. The Balaban J connectivity index is 1.70. The average molecular weight is 434 g/mol. The van der Waals surface area contributed by atoms with Gasteiger partial charge in [0, 0.05) is 22.1 Å². The Labute approximate surface area is 186 Å². The van der Waals surface area contributed by atoms with Crippen molar-refractivity contribution in [2.45, 2.75) is 59.1 Å². The van der Waals surface area contributed by atoms with Crippen molar-refractivity contribution in [3.8, 4) is 11.3 Å². The van der Waals surface area contributed by atoms with E-state index in [-0.39, 0.29) is 5.78 Å². The van der Waals surface area contributed by atoms with Gasteiger partial charge in [-0.15, -0.1) is 0 Å². The Hall–Kier alpha value is -3.48. The lowest BCUT2D eigenvalue weighted by atomic mass is 9.85. The number of hydrogen-bond donors (Lipinski definition) is 1. The van der Waals surface area contributed by atoms with Crippen molar-refractivity contribution in [3.63, 3.8) is 0 Å². The van der Waals surface area contributed by atoms with Crippen molar-refractivity contribution in [3.05, 3.63) is 53.1 Å². The minimum atomic E-state index is -0.868. The molecule has 7 heteroatoms. The molecule has 1 atom stereocenters. The summed E-state index contributed by atoms with van der Waals surface area (Å²) >= 11 is 0. The minimum absolute atomic E-state index is 0.0731. The number of nitrogens with zero attached hydrogens (tertiary/aromatic N) is 2. The first kappa shape index (κ1) is 21.7. The number of aromatic nitrogens is 2. The predicted octanol–water partition coefficient (Wildman–Crippen LogP) is 4.89. The van der Waals surface area contributed by atoms with E-state index in [0.717, 1.165) is 12.0 Å². The zero-order valence-corrected chi connectivity index (χ0v) is 19.0. The number of fused-ring (bicyclic) bond motifs is 2. The molecule has 2 aromatic carbocycles. The quantitative estimate of drug-likeness (QED) is 0.484. The van der Waals surface area contributed by atoms with Crippen LogP contribution < -0.4 is 5.32 Å². The zero-order chi connectivity index (χ0) is 23.2. The molecule has 4 rings (SSSR count). The van der Waals surface area contributed by atoms with Gasteiger partial charge in [0.2, 0.25) is 0 Å². The van der Waals surface area contributed by atoms with E-state index in [9.17, 15) is 14.4 Å². The van der Waals surface area contributed by atoms with E-state index in [1.807, 2.05) is 45.9 Å². The summed E-state index contributed by atoms with van der Waals surface area (Å²) in [7, 11) is 0. The number of ketones is 1. The van der Waals surface area contributed by atoms with Gasteiger partial charge < -0.3 is 10.1 Å². The Morgan fingerprint density at radius 2 is 1.84 bits per heavy atom. The van der Waals surface area contributed by atoms with Gasteiger partial charge >= 0.3 is 6.09 Å². The maximum Gasteiger partial charge on any atom is 0.408 e. The van der Waals surface area contributed by atoms with E-state index >= 15 is 0 Å². The number of alkyl carbamates (subject to hydrolysis) is 1. The molecular weight excluding hydrogens is 406 g/mol. The van der Waals surface area contributed by atoms with E-state index in [0.29, 0.717) is 39.7 Å². The Kier molecular flexibility index (Phi) is 5.36. The number of rotatable bonds is 5. The zero-order valence-electron chi connectivity index (χ0n) is 19.0. The molecule has 0 saturated carbocycles. The molecule has 1 aliphatic rings. The van der Waals surface area contributed by atoms with Crippen molar-refractivity contribution in [1.82, 2.24) is 15.1 Å². The van der Waals surface area contributed by atoms with Crippen molar-refractivity contribution in [2.24, 2.45) is 0 Å². The predicted molar refractivity (Wildman–Crippen MR) is 122 cm³/mol. The molecule has 1 N–H and O–H groups in total. The fourth-order valence-electron chi connectivity index (χ4n) is 4.37. The maximum atomic E-state index is 13.3. The topological polar surface area (TPSA) is 90.3 Å². The second-order valence-electron chi connectivity index (χ2n) is 8.89. The third-order valence-electron chi connectivity index (χ3n) is 5.84. The number of aryl methyl sites for hydroxylation is 1. The van der Waals surface area contributed by atoms with E-state index in [1.54, 1.807) is 25.1 Å². The summed E-state index contributed by atoms with van der Waals surface area (Å²) in [4.78, 5) is 38.8. The Morgan fingerprint density at radius 3 is 2.56 bits per heavy atom. The molecule has 1 unspecified atom stereocenters. The van der Waals surface area contributed by atoms with Gasteiger partial charge in [0.05, 0.1) is 5.52 Å². The highest BCUT2D eigenvalue weighted by atomic mass is 16.6. The summed E-state index contributed by atoms with van der Waals surface area (Å²) in [6.07, 6.45) is 0.937. The third-order valence-corrected chi connectivity index (χ3v) is 5.84. The van der Waals surface area contributed by atoms with Crippen LogP contribution in [0.2, 0.25) is 0 Å². The number of hydrogen-bond acceptors (Lipinski definition) is 5. The Morgan fingerprint density at radius 1 is 1.16 bits per heavy atom. The second-order valence-corrected chi connectivity index (χ2v) is 8.89. The summed E-state index contributed by atoms with van der Waals surface area (Å²) in [5.74, 6) is -0.483. The van der Waals surface area contributed by atoms with Crippen LogP contribution in [0.4, 0.5) is 4.79 Å². The van der Waals surface area contributed by atoms with Crippen molar-refractivity contribution < 1.29 is 19.1 Å². The lowest BCUT2D eigenvalue weighted by Crippen LogP contribution is -2.44. The van der Waals surface area contributed by atoms with Gasteiger partial charge in [0.15, 0.2) is 5.78 Å². The van der Waals surface area contributed by atoms with E-state index in [2.05, 4.69) is 10.4 Å². The lowest BCUT2D eigenvalue weighted by Gasteiger charge is -2.25. The highest BCUT2D eigenvalue weighted by Crippen LogP contribution is 2.39. The van der Waals surface area contributed by atoms with Crippen molar-refractivity contribution >= 4 is 28.7 Å². The molecule has 1 aromatic heterocycles. The van der Waals surface area contributed by atoms with E-state index < -0.39 is 23.6 Å². The summed E-state index contributed by atoms with van der Waals surface area (Å²) in [6.45, 7) is 9.17. The van der Waals surface area contributed by atoms with Crippen LogP contribution in [0.15, 0.2) is 36.4 Å². The number of carbonyl (C=O) groups excluding carboxylic acids is 3. The highest BCUT2D eigenvalue weighted by Gasteiger charge is 2.32. The summed E-state index contributed by atoms with van der Waals surface area (Å²) in [6, 6.07) is 10.0. The number of nitrogens with one attached hydrogen (secondary N) is 1. The molecule has 3 aromatic rings. The van der Waals surface area contributed by atoms with Gasteiger partial charge in [0.1, 0.15) is 17.3 Å². The molecule has 32 heavy (non-hydrogen) atoms. The number of amides is 1. The van der Waals surface area contributed by atoms with Crippen LogP contribution in [0.5, 0.6) is 0 Å². The van der Waals surface area contributed by atoms with Gasteiger partial charge in [-0.1, -0.05) is 43.7 Å². The smallest absolute Gasteiger partial charge is 0.408 e. The molecular formula is C25H27N3O4. The molecule has 1 heterocycles. The van der Waals surface area contributed by atoms with Crippen LogP contribution in [-0.2, 0) is 4.74 Å². The van der Waals surface area contributed by atoms with Crippen LogP contribution in [0.25, 0.3) is 22.2 Å². The van der Waals surface area contributed by atoms with Gasteiger partial charge in [0.25, 0.3) is 5.91 Å². The molecule has 1 amide bonds. The van der Waals surface area contributed by atoms with Crippen LogP contribution in [-0.4, -0.2) is 39.2 Å². The minimum Gasteiger partial charge on any atom is -0.444 e. The highest BCUT2D eigenvalue weighted by molar-refractivity contribution is 6.26. The molecule has 166 valence electrons. The Bertz CT molecular complexity index is 1260. The molecule has 0 aliphatic heterocycles. The first-order valence-electron chi connectivity index (χ1n) is 10.8. The summed E-state index contributed by atoms with van der Waals surface area (Å²) in [5.41, 5.74) is 3.23. The monoisotopic (exact) mass is 433 g/mol. The van der Waals surface area contributed by atoms with Gasteiger partial charge in [-0.3, -0.25) is 9.59 Å². The first-order chi connectivity index (χ1) is 15.1. The normalized spacial score (nSPS) is 13.6. The average Bonchev–Trinajstić information content (AvgIpc) is 3.11. The number of ether oxygens (including phenoxy) is 1. The lowest BCUT2D eigenvalue weighted by molar-refractivity contribution is 0.0298. The maximum absolute atomic E-state index is 13.3. The van der Waals surface area contributed by atoms with Crippen LogP contribution >= 0.6 is 0 Å². The van der Waals surface area contributed by atoms with Gasteiger partial charge in [-0.2, -0.15) is 9.78 Å². The molecule has 0 saturated heterocycles. The number of carbonyl (C=O) groups is 3. The van der Waals surface area contributed by atoms with Gasteiger partial charge in [-0.05, 0) is 45.7 Å². The van der Waals surface area contributed by atoms with E-state index in [4.69, 9.17) is 4.74 Å². The molecule has 0 radical (unpaired) electrons. The first-order valence-corrected chi connectivity index (χ1v) is 10.8. The van der Waals surface area contributed by atoms with Crippen LogP contribution in [0.3, 0.4) is 0 Å². The molecule has 0 fully saturated rings. The number of benzene rings is 2. The van der Waals surface area contributed by atoms with E-state index in [1.165, 1.54) is 4.68 Å². The largest absolute Gasteiger partial charge is 0.444 e. The fourth-order valence-corrected chi connectivity index (χ4v) is 4.37. The molecule has 7 nitrogen and oxygen atoms in total. The van der Waals surface area contributed by atoms with Crippen molar-refractivity contribution in [1.29, 1.82) is 0 Å². The third kappa shape index (κ3) is 3.57. The molecule has 0 bridgehead atoms. The molecule has 1 aliphatic carbocycles.